The molecule has 1 N–H and O–H groups in total. The molecule has 154 valence electrons. The topological polar surface area (TPSA) is 75.5 Å². The minimum absolute atomic E-state index is 0.401. The van der Waals surface area contributed by atoms with Crippen molar-refractivity contribution in [3.8, 4) is 5.82 Å². The van der Waals surface area contributed by atoms with Gasteiger partial charge in [-0.15, -0.1) is 0 Å². The Morgan fingerprint density at radius 3 is 2.52 bits per heavy atom. The van der Waals surface area contributed by atoms with Crippen molar-refractivity contribution in [1.29, 1.82) is 0 Å². The monoisotopic (exact) mass is 393 g/mol. The van der Waals surface area contributed by atoms with Crippen LogP contribution in [0.15, 0.2) is 24.5 Å². The molecule has 3 aromatic heterocycles. The van der Waals surface area contributed by atoms with Crippen LogP contribution in [0.1, 0.15) is 62.2 Å². The smallest absolute Gasteiger partial charge is 0.159 e. The lowest BCUT2D eigenvalue weighted by Gasteiger charge is -2.39. The lowest BCUT2D eigenvalue weighted by Crippen LogP contribution is -2.46. The zero-order chi connectivity index (χ0) is 21.0. The summed E-state index contributed by atoms with van der Waals surface area (Å²) in [7, 11) is 0. The summed E-state index contributed by atoms with van der Waals surface area (Å²) in [5.74, 6) is 3.97. The van der Waals surface area contributed by atoms with Crippen LogP contribution in [0.2, 0.25) is 0 Å². The van der Waals surface area contributed by atoms with Gasteiger partial charge in [0.05, 0.1) is 17.8 Å². The number of nitrogens with zero attached hydrogens (tertiary/aromatic N) is 6. The number of hydrogen-bond donors (Lipinski definition) is 1. The van der Waals surface area contributed by atoms with Gasteiger partial charge in [-0.05, 0) is 38.8 Å². The first-order valence-corrected chi connectivity index (χ1v) is 10.4. The van der Waals surface area contributed by atoms with E-state index in [0.29, 0.717) is 5.92 Å². The number of allylic oxidation sites excluding steroid dienone is 1. The van der Waals surface area contributed by atoms with Gasteiger partial charge in [0.15, 0.2) is 5.82 Å². The van der Waals surface area contributed by atoms with E-state index in [-0.39, 0.29) is 0 Å². The summed E-state index contributed by atoms with van der Waals surface area (Å²) in [6.45, 7) is 13.9. The predicted octanol–water partition coefficient (Wildman–Crippen LogP) is 4.23. The molecule has 1 aliphatic heterocycles. The second kappa shape index (κ2) is 9.03. The zero-order valence-corrected chi connectivity index (χ0v) is 18.3. The molecule has 0 amide bonds. The molecule has 0 saturated carbocycles. The minimum Gasteiger partial charge on any atom is -0.355 e. The fourth-order valence-corrected chi connectivity index (χ4v) is 3.33. The third-order valence-electron chi connectivity index (χ3n) is 4.95. The number of aryl methyl sites for hydroxylation is 3. The van der Waals surface area contributed by atoms with Gasteiger partial charge < -0.3 is 9.88 Å². The Balaban J connectivity index is 0.00000117. The molecule has 7 heteroatoms. The molecule has 29 heavy (non-hydrogen) atoms. The van der Waals surface area contributed by atoms with Crippen molar-refractivity contribution in [1.82, 2.24) is 29.7 Å². The molecular weight excluding hydrogens is 362 g/mol. The molecule has 1 saturated heterocycles. The van der Waals surface area contributed by atoms with Crippen molar-refractivity contribution < 1.29 is 0 Å². The van der Waals surface area contributed by atoms with Crippen LogP contribution in [-0.4, -0.2) is 42.8 Å². The number of hydrogen-bond acceptors (Lipinski definition) is 5. The number of imidazole rings is 1. The predicted molar refractivity (Wildman–Crippen MR) is 118 cm³/mol. The zero-order valence-electron chi connectivity index (χ0n) is 18.3. The molecule has 0 atom stereocenters. The first-order valence-electron chi connectivity index (χ1n) is 10.4. The van der Waals surface area contributed by atoms with Crippen molar-refractivity contribution in [3.63, 3.8) is 0 Å². The number of aromatic nitrogens is 6. The van der Waals surface area contributed by atoms with Crippen LogP contribution in [0.25, 0.3) is 11.9 Å². The summed E-state index contributed by atoms with van der Waals surface area (Å²) in [5.41, 5.74) is 3.34. The second-order valence-corrected chi connectivity index (χ2v) is 7.01. The maximum absolute atomic E-state index is 4.73. The van der Waals surface area contributed by atoms with E-state index in [1.54, 1.807) is 0 Å². The summed E-state index contributed by atoms with van der Waals surface area (Å²) in [5, 5.41) is 4.42. The Bertz CT molecular complexity index is 977. The van der Waals surface area contributed by atoms with Gasteiger partial charge >= 0.3 is 0 Å². The van der Waals surface area contributed by atoms with Gasteiger partial charge in [-0.25, -0.2) is 19.6 Å². The maximum Gasteiger partial charge on any atom is 0.159 e. The number of anilines is 1. The van der Waals surface area contributed by atoms with Crippen LogP contribution in [0.3, 0.4) is 0 Å². The quantitative estimate of drug-likeness (QED) is 0.702. The molecule has 0 aromatic carbocycles. The SMILES string of the molecule is C/C=C\c1nc(C2CN(c3cc(-n4cc(CC)cn4)nc(C)n3)C2)[nH]c1C.CC. The highest BCUT2D eigenvalue weighted by atomic mass is 15.3. The van der Waals surface area contributed by atoms with Crippen LogP contribution in [0, 0.1) is 13.8 Å². The summed E-state index contributed by atoms with van der Waals surface area (Å²) >= 11 is 0. The third-order valence-corrected chi connectivity index (χ3v) is 4.95. The Morgan fingerprint density at radius 2 is 1.86 bits per heavy atom. The van der Waals surface area contributed by atoms with Gasteiger partial charge in [0.25, 0.3) is 0 Å². The maximum atomic E-state index is 4.73. The Hall–Kier alpha value is -2.96. The number of aromatic amines is 1. The number of nitrogens with one attached hydrogen (secondary N) is 1. The van der Waals surface area contributed by atoms with E-state index in [2.05, 4.69) is 38.8 Å². The van der Waals surface area contributed by atoms with Gasteiger partial charge in [-0.1, -0.05) is 26.8 Å². The van der Waals surface area contributed by atoms with Crippen LogP contribution in [0.4, 0.5) is 5.82 Å². The highest BCUT2D eigenvalue weighted by Gasteiger charge is 2.32. The van der Waals surface area contributed by atoms with Gasteiger partial charge in [-0.2, -0.15) is 5.10 Å². The van der Waals surface area contributed by atoms with E-state index >= 15 is 0 Å². The molecule has 0 unspecified atom stereocenters. The van der Waals surface area contributed by atoms with Crippen LogP contribution in [-0.2, 0) is 6.42 Å². The van der Waals surface area contributed by atoms with Crippen LogP contribution >= 0.6 is 0 Å². The first-order chi connectivity index (χ1) is 14.1. The van der Waals surface area contributed by atoms with E-state index in [1.807, 2.05) is 63.0 Å². The van der Waals surface area contributed by atoms with E-state index in [4.69, 9.17) is 4.98 Å². The molecular formula is C22H31N7. The van der Waals surface area contributed by atoms with E-state index in [1.165, 1.54) is 5.56 Å². The van der Waals surface area contributed by atoms with Gasteiger partial charge in [0.1, 0.15) is 17.5 Å². The molecule has 4 heterocycles. The molecule has 0 radical (unpaired) electrons. The molecule has 3 aromatic rings. The minimum atomic E-state index is 0.401. The Labute approximate surface area is 172 Å². The molecule has 1 fully saturated rings. The average Bonchev–Trinajstić information content (AvgIpc) is 3.29. The summed E-state index contributed by atoms with van der Waals surface area (Å²) in [4.78, 5) is 19.6. The van der Waals surface area contributed by atoms with Crippen molar-refractivity contribution in [2.45, 2.75) is 53.9 Å². The normalized spacial score (nSPS) is 14.1. The van der Waals surface area contributed by atoms with Crippen molar-refractivity contribution in [2.24, 2.45) is 0 Å². The summed E-state index contributed by atoms with van der Waals surface area (Å²) in [6, 6.07) is 2.01. The summed E-state index contributed by atoms with van der Waals surface area (Å²) in [6.07, 6.45) is 8.94. The van der Waals surface area contributed by atoms with Gasteiger partial charge in [0, 0.05) is 31.0 Å². The lowest BCUT2D eigenvalue weighted by atomic mass is 9.99. The first kappa shape index (κ1) is 20.8. The van der Waals surface area contributed by atoms with Crippen LogP contribution < -0.4 is 4.90 Å². The van der Waals surface area contributed by atoms with Crippen molar-refractivity contribution in [3.05, 3.63) is 53.1 Å². The number of rotatable bonds is 5. The molecule has 7 nitrogen and oxygen atoms in total. The van der Waals surface area contributed by atoms with E-state index in [0.717, 1.165) is 54.2 Å². The van der Waals surface area contributed by atoms with Crippen molar-refractivity contribution in [2.75, 3.05) is 18.0 Å². The Morgan fingerprint density at radius 1 is 1.14 bits per heavy atom. The average molecular weight is 394 g/mol. The van der Waals surface area contributed by atoms with E-state index in [9.17, 15) is 0 Å². The third kappa shape index (κ3) is 4.39. The van der Waals surface area contributed by atoms with Gasteiger partial charge in [-0.3, -0.25) is 0 Å². The molecule has 4 rings (SSSR count). The standard InChI is InChI=1S/C20H25N7.C2H6/c1-5-7-17-13(3)22-20(25-17)16-11-26(12-16)18-8-19(24-14(4)23-18)27-10-15(6-2)9-21-27;1-2/h5,7-10,16H,6,11-12H2,1-4H3,(H,22,25);1-2H3/b7-5-;. The second-order valence-electron chi connectivity index (χ2n) is 7.01. The van der Waals surface area contributed by atoms with Gasteiger partial charge in [0.2, 0.25) is 0 Å². The molecule has 0 spiro atoms. The van der Waals surface area contributed by atoms with Crippen molar-refractivity contribution >= 4 is 11.9 Å². The molecule has 0 bridgehead atoms. The highest BCUT2D eigenvalue weighted by Crippen LogP contribution is 2.30. The fraction of sp³-hybridized carbons (Fsp3) is 0.455. The molecule has 0 aliphatic carbocycles. The lowest BCUT2D eigenvalue weighted by molar-refractivity contribution is 0.498. The highest BCUT2D eigenvalue weighted by molar-refractivity contribution is 5.50. The van der Waals surface area contributed by atoms with E-state index < -0.39 is 0 Å². The fourth-order valence-electron chi connectivity index (χ4n) is 3.33. The van der Waals surface area contributed by atoms with Crippen LogP contribution in [0.5, 0.6) is 0 Å². The summed E-state index contributed by atoms with van der Waals surface area (Å²) < 4.78 is 1.83. The molecule has 1 aliphatic rings. The number of H-pyrrole nitrogens is 1. The Kier molecular flexibility index (Phi) is 6.46. The largest absolute Gasteiger partial charge is 0.355 e.